The van der Waals surface area contributed by atoms with Crippen molar-refractivity contribution in [3.05, 3.63) is 48.2 Å². The number of aromatic nitrogens is 1. The van der Waals surface area contributed by atoms with Crippen LogP contribution in [-0.2, 0) is 0 Å². The minimum Gasteiger partial charge on any atom is -0.490 e. The van der Waals surface area contributed by atoms with Crippen LogP contribution in [0.2, 0.25) is 0 Å². The van der Waals surface area contributed by atoms with E-state index in [0.29, 0.717) is 18.0 Å². The Balaban J connectivity index is 2.19. The lowest BCUT2D eigenvalue weighted by Gasteiger charge is -2.13. The van der Waals surface area contributed by atoms with Crippen molar-refractivity contribution < 1.29 is 18.3 Å². The number of para-hydroxylation sites is 1. The Hall–Kier alpha value is -2.70. The Morgan fingerprint density at radius 2 is 2.14 bits per heavy atom. The SMILES string of the molecule is CCOc1cccc(/C=N\Nc2ccccn2)c1OC(F)F. The third kappa shape index (κ3) is 4.41. The van der Waals surface area contributed by atoms with Gasteiger partial charge in [0.15, 0.2) is 11.5 Å². The molecular formula is C15H15F2N3O2. The summed E-state index contributed by atoms with van der Waals surface area (Å²) in [7, 11) is 0. The molecule has 0 unspecified atom stereocenters. The topological polar surface area (TPSA) is 55.7 Å². The van der Waals surface area contributed by atoms with Crippen LogP contribution in [0.15, 0.2) is 47.7 Å². The molecule has 0 saturated heterocycles. The predicted molar refractivity (Wildman–Crippen MR) is 79.7 cm³/mol. The van der Waals surface area contributed by atoms with E-state index in [9.17, 15) is 8.78 Å². The lowest BCUT2D eigenvalue weighted by atomic mass is 10.2. The molecular weight excluding hydrogens is 292 g/mol. The van der Waals surface area contributed by atoms with E-state index in [2.05, 4.69) is 20.2 Å². The normalized spacial score (nSPS) is 10.9. The van der Waals surface area contributed by atoms with Gasteiger partial charge >= 0.3 is 6.61 Å². The fraction of sp³-hybridized carbons (Fsp3) is 0.200. The number of alkyl halides is 2. The molecule has 2 aromatic rings. The molecule has 1 aromatic carbocycles. The van der Waals surface area contributed by atoms with E-state index >= 15 is 0 Å². The molecule has 2 rings (SSSR count). The smallest absolute Gasteiger partial charge is 0.387 e. The van der Waals surface area contributed by atoms with Crippen LogP contribution in [-0.4, -0.2) is 24.4 Å². The first kappa shape index (κ1) is 15.7. The maximum absolute atomic E-state index is 12.6. The number of anilines is 1. The average molecular weight is 307 g/mol. The number of rotatable bonds is 7. The van der Waals surface area contributed by atoms with Crippen LogP contribution in [0.25, 0.3) is 0 Å². The highest BCUT2D eigenvalue weighted by atomic mass is 19.3. The number of halogens is 2. The van der Waals surface area contributed by atoms with Crippen LogP contribution in [0, 0.1) is 0 Å². The molecule has 0 aliphatic rings. The van der Waals surface area contributed by atoms with Gasteiger partial charge in [0.1, 0.15) is 5.82 Å². The van der Waals surface area contributed by atoms with Gasteiger partial charge in [-0.15, -0.1) is 0 Å². The van der Waals surface area contributed by atoms with Crippen LogP contribution in [0.3, 0.4) is 0 Å². The lowest BCUT2D eigenvalue weighted by molar-refractivity contribution is -0.0515. The van der Waals surface area contributed by atoms with Crippen LogP contribution >= 0.6 is 0 Å². The summed E-state index contributed by atoms with van der Waals surface area (Å²) >= 11 is 0. The number of hydrazone groups is 1. The lowest BCUT2D eigenvalue weighted by Crippen LogP contribution is -2.07. The summed E-state index contributed by atoms with van der Waals surface area (Å²) in [5, 5.41) is 3.96. The van der Waals surface area contributed by atoms with E-state index in [1.165, 1.54) is 6.21 Å². The molecule has 116 valence electrons. The van der Waals surface area contributed by atoms with Gasteiger partial charge in [-0.3, -0.25) is 5.43 Å². The summed E-state index contributed by atoms with van der Waals surface area (Å²) in [5.41, 5.74) is 3.07. The van der Waals surface area contributed by atoms with E-state index in [-0.39, 0.29) is 11.5 Å². The molecule has 0 amide bonds. The summed E-state index contributed by atoms with van der Waals surface area (Å²) in [6.45, 7) is -0.848. The van der Waals surface area contributed by atoms with Crippen LogP contribution in [0.1, 0.15) is 12.5 Å². The Morgan fingerprint density at radius 3 is 2.82 bits per heavy atom. The fourth-order valence-electron chi connectivity index (χ4n) is 1.72. The maximum Gasteiger partial charge on any atom is 0.387 e. The Morgan fingerprint density at radius 1 is 1.27 bits per heavy atom. The maximum atomic E-state index is 12.6. The van der Waals surface area contributed by atoms with Gasteiger partial charge in [-0.2, -0.15) is 13.9 Å². The summed E-state index contributed by atoms with van der Waals surface area (Å²) in [6.07, 6.45) is 2.98. The molecule has 0 atom stereocenters. The molecule has 1 aromatic heterocycles. The molecule has 0 radical (unpaired) electrons. The van der Waals surface area contributed by atoms with E-state index in [1.807, 2.05) is 0 Å². The second-order valence-electron chi connectivity index (χ2n) is 4.07. The van der Waals surface area contributed by atoms with Gasteiger partial charge in [0.25, 0.3) is 0 Å². The van der Waals surface area contributed by atoms with Crippen molar-refractivity contribution in [3.8, 4) is 11.5 Å². The van der Waals surface area contributed by atoms with Crippen molar-refractivity contribution in [2.45, 2.75) is 13.5 Å². The minimum absolute atomic E-state index is 0.0501. The Bertz CT molecular complexity index is 621. The quantitative estimate of drug-likeness (QED) is 0.628. The molecule has 1 heterocycles. The summed E-state index contributed by atoms with van der Waals surface area (Å²) in [4.78, 5) is 4.03. The van der Waals surface area contributed by atoms with Gasteiger partial charge in [0, 0.05) is 11.8 Å². The minimum atomic E-state index is -2.95. The molecule has 0 spiro atoms. The number of ether oxygens (including phenoxy) is 2. The predicted octanol–water partition coefficient (Wildman–Crippen LogP) is 3.53. The van der Waals surface area contributed by atoms with E-state index in [0.717, 1.165) is 0 Å². The van der Waals surface area contributed by atoms with Gasteiger partial charge in [-0.25, -0.2) is 4.98 Å². The summed E-state index contributed by atoms with van der Waals surface area (Å²) in [6, 6.07) is 10.1. The summed E-state index contributed by atoms with van der Waals surface area (Å²) in [5.74, 6) is 0.728. The zero-order valence-corrected chi connectivity index (χ0v) is 11.9. The number of hydrogen-bond acceptors (Lipinski definition) is 5. The number of hydrogen-bond donors (Lipinski definition) is 1. The number of nitrogens with zero attached hydrogens (tertiary/aromatic N) is 2. The highest BCUT2D eigenvalue weighted by Crippen LogP contribution is 2.31. The third-order valence-corrected chi connectivity index (χ3v) is 2.56. The van der Waals surface area contributed by atoms with Gasteiger partial charge < -0.3 is 9.47 Å². The molecule has 0 fully saturated rings. The zero-order chi connectivity index (χ0) is 15.8. The van der Waals surface area contributed by atoms with Gasteiger partial charge in [0.2, 0.25) is 0 Å². The van der Waals surface area contributed by atoms with Crippen LogP contribution in [0.5, 0.6) is 11.5 Å². The summed E-state index contributed by atoms with van der Waals surface area (Å²) < 4.78 is 34.9. The first-order valence-corrected chi connectivity index (χ1v) is 6.61. The second-order valence-corrected chi connectivity index (χ2v) is 4.07. The number of benzene rings is 1. The van der Waals surface area contributed by atoms with Crippen molar-refractivity contribution in [2.75, 3.05) is 12.0 Å². The fourth-order valence-corrected chi connectivity index (χ4v) is 1.72. The average Bonchev–Trinajstić information content (AvgIpc) is 2.51. The highest BCUT2D eigenvalue weighted by molar-refractivity contribution is 5.85. The van der Waals surface area contributed by atoms with Crippen molar-refractivity contribution in [1.29, 1.82) is 0 Å². The molecule has 5 nitrogen and oxygen atoms in total. The van der Waals surface area contributed by atoms with E-state index < -0.39 is 6.61 Å². The van der Waals surface area contributed by atoms with E-state index in [1.54, 1.807) is 49.5 Å². The van der Waals surface area contributed by atoms with Crippen molar-refractivity contribution in [1.82, 2.24) is 4.98 Å². The largest absolute Gasteiger partial charge is 0.490 e. The Kier molecular flexibility index (Phi) is 5.65. The molecule has 0 aliphatic carbocycles. The molecule has 1 N–H and O–H groups in total. The highest BCUT2D eigenvalue weighted by Gasteiger charge is 2.14. The molecule has 7 heteroatoms. The third-order valence-electron chi connectivity index (χ3n) is 2.56. The van der Waals surface area contributed by atoms with Gasteiger partial charge in [-0.05, 0) is 31.2 Å². The number of nitrogens with one attached hydrogen (secondary N) is 1. The number of pyridine rings is 1. The molecule has 0 aliphatic heterocycles. The molecule has 0 saturated carbocycles. The zero-order valence-electron chi connectivity index (χ0n) is 11.9. The van der Waals surface area contributed by atoms with Crippen molar-refractivity contribution in [3.63, 3.8) is 0 Å². The monoisotopic (exact) mass is 307 g/mol. The first-order chi connectivity index (χ1) is 10.7. The van der Waals surface area contributed by atoms with Crippen molar-refractivity contribution >= 4 is 12.0 Å². The van der Waals surface area contributed by atoms with Crippen LogP contribution in [0.4, 0.5) is 14.6 Å². The first-order valence-electron chi connectivity index (χ1n) is 6.61. The molecule has 0 bridgehead atoms. The second kappa shape index (κ2) is 7.92. The standard InChI is InChI=1S/C15H15F2N3O2/c1-2-21-12-7-5-6-11(14(12)22-15(16)17)10-19-20-13-8-3-4-9-18-13/h3-10,15H,2H2,1H3,(H,18,20)/b19-10-. The van der Waals surface area contributed by atoms with Crippen molar-refractivity contribution in [2.24, 2.45) is 5.10 Å². The van der Waals surface area contributed by atoms with Gasteiger partial charge in [-0.1, -0.05) is 12.1 Å². The van der Waals surface area contributed by atoms with E-state index in [4.69, 9.17) is 4.74 Å². The van der Waals surface area contributed by atoms with Crippen LogP contribution < -0.4 is 14.9 Å². The van der Waals surface area contributed by atoms with Gasteiger partial charge in [0.05, 0.1) is 12.8 Å². The Labute approximate surface area is 126 Å². The molecule has 22 heavy (non-hydrogen) atoms.